The lowest BCUT2D eigenvalue weighted by Crippen LogP contribution is -2.18. The first-order chi connectivity index (χ1) is 9.51. The van der Waals surface area contributed by atoms with Crippen molar-refractivity contribution >= 4 is 17.4 Å². The van der Waals surface area contributed by atoms with E-state index in [2.05, 4.69) is 15.3 Å². The summed E-state index contributed by atoms with van der Waals surface area (Å²) in [6.45, 7) is 1.30. The second-order valence-electron chi connectivity index (χ2n) is 4.22. The first kappa shape index (κ1) is 14.6. The van der Waals surface area contributed by atoms with E-state index in [1.165, 1.54) is 6.20 Å². The number of aliphatic hydroxyl groups excluding tert-OH is 1. The first-order valence-electron chi connectivity index (χ1n) is 5.82. The number of aromatic nitrogens is 2. The Labute approximate surface area is 119 Å². The molecule has 2 N–H and O–H groups in total. The van der Waals surface area contributed by atoms with Crippen LogP contribution in [0.4, 0.5) is 14.6 Å². The molecule has 106 valence electrons. The molecular weight excluding hydrogens is 288 g/mol. The van der Waals surface area contributed by atoms with Crippen LogP contribution in [-0.4, -0.2) is 21.7 Å². The first-order valence-corrected chi connectivity index (χ1v) is 6.20. The number of hydrogen-bond donors (Lipinski definition) is 2. The summed E-state index contributed by atoms with van der Waals surface area (Å²) in [7, 11) is 0. The topological polar surface area (TPSA) is 58.0 Å². The average Bonchev–Trinajstić information content (AvgIpc) is 2.42. The number of anilines is 1. The highest BCUT2D eigenvalue weighted by molar-refractivity contribution is 6.28. The highest BCUT2D eigenvalue weighted by Crippen LogP contribution is 2.23. The monoisotopic (exact) mass is 299 g/mol. The molecule has 4 nitrogen and oxygen atoms in total. The van der Waals surface area contributed by atoms with Crippen molar-refractivity contribution in [3.63, 3.8) is 0 Å². The normalized spacial score (nSPS) is 12.2. The zero-order chi connectivity index (χ0) is 14.7. The SMILES string of the molecule is Cc1cnc(Cl)nc1NC(CO)c1cc(F)ccc1F. The van der Waals surface area contributed by atoms with Crippen LogP contribution in [0.2, 0.25) is 5.28 Å². The Morgan fingerprint density at radius 3 is 2.85 bits per heavy atom. The molecular formula is C13H12ClF2N3O. The van der Waals surface area contributed by atoms with Crippen molar-refractivity contribution in [2.75, 3.05) is 11.9 Å². The number of rotatable bonds is 4. The Bertz CT molecular complexity index is 625. The van der Waals surface area contributed by atoms with Gasteiger partial charge in [0.1, 0.15) is 17.5 Å². The molecule has 20 heavy (non-hydrogen) atoms. The third kappa shape index (κ3) is 3.20. The van der Waals surface area contributed by atoms with Crippen LogP contribution in [-0.2, 0) is 0 Å². The predicted molar refractivity (Wildman–Crippen MR) is 71.6 cm³/mol. The van der Waals surface area contributed by atoms with Crippen molar-refractivity contribution in [3.05, 3.63) is 52.4 Å². The molecule has 2 rings (SSSR count). The van der Waals surface area contributed by atoms with Gasteiger partial charge in [0.25, 0.3) is 0 Å². The van der Waals surface area contributed by atoms with Gasteiger partial charge in [-0.25, -0.2) is 18.7 Å². The van der Waals surface area contributed by atoms with Crippen LogP contribution < -0.4 is 5.32 Å². The molecule has 1 aromatic heterocycles. The molecule has 0 spiro atoms. The number of aliphatic hydroxyl groups is 1. The Morgan fingerprint density at radius 1 is 1.40 bits per heavy atom. The summed E-state index contributed by atoms with van der Waals surface area (Å²) in [5, 5.41) is 12.2. The van der Waals surface area contributed by atoms with Crippen LogP contribution in [0.25, 0.3) is 0 Å². The smallest absolute Gasteiger partial charge is 0.224 e. The van der Waals surface area contributed by atoms with Gasteiger partial charge in [-0.2, -0.15) is 0 Å². The van der Waals surface area contributed by atoms with Gasteiger partial charge in [-0.15, -0.1) is 0 Å². The van der Waals surface area contributed by atoms with Gasteiger partial charge in [0.15, 0.2) is 0 Å². The summed E-state index contributed by atoms with van der Waals surface area (Å²) < 4.78 is 26.9. The van der Waals surface area contributed by atoms with Gasteiger partial charge in [0.2, 0.25) is 5.28 Å². The zero-order valence-corrected chi connectivity index (χ0v) is 11.3. The van der Waals surface area contributed by atoms with Gasteiger partial charge in [-0.1, -0.05) is 0 Å². The number of nitrogens with one attached hydrogen (secondary N) is 1. The van der Waals surface area contributed by atoms with Gasteiger partial charge < -0.3 is 10.4 Å². The largest absolute Gasteiger partial charge is 0.394 e. The van der Waals surface area contributed by atoms with Crippen LogP contribution in [0, 0.1) is 18.6 Å². The molecule has 0 bridgehead atoms. The Morgan fingerprint density at radius 2 is 2.15 bits per heavy atom. The summed E-state index contributed by atoms with van der Waals surface area (Å²) in [5.41, 5.74) is 0.686. The minimum Gasteiger partial charge on any atom is -0.394 e. The van der Waals surface area contributed by atoms with Crippen LogP contribution >= 0.6 is 11.6 Å². The maximum Gasteiger partial charge on any atom is 0.224 e. The standard InChI is InChI=1S/C13H12ClF2N3O/c1-7-5-17-13(14)19-12(7)18-11(6-20)9-4-8(15)2-3-10(9)16/h2-5,11,20H,6H2,1H3,(H,17,18,19). The van der Waals surface area contributed by atoms with E-state index in [1.54, 1.807) is 6.92 Å². The summed E-state index contributed by atoms with van der Waals surface area (Å²) in [6.07, 6.45) is 1.49. The molecule has 1 aromatic carbocycles. The fourth-order valence-corrected chi connectivity index (χ4v) is 1.87. The molecule has 0 amide bonds. The van der Waals surface area contributed by atoms with Gasteiger partial charge in [0.05, 0.1) is 12.6 Å². The highest BCUT2D eigenvalue weighted by Gasteiger charge is 2.17. The van der Waals surface area contributed by atoms with Gasteiger partial charge in [0, 0.05) is 17.3 Å². The Balaban J connectivity index is 2.33. The molecule has 0 aliphatic carbocycles. The third-order valence-electron chi connectivity index (χ3n) is 2.77. The molecule has 1 atom stereocenters. The predicted octanol–water partition coefficient (Wildman–Crippen LogP) is 2.86. The molecule has 0 aliphatic heterocycles. The molecule has 0 fully saturated rings. The fraction of sp³-hybridized carbons (Fsp3) is 0.231. The second kappa shape index (κ2) is 6.11. The minimum absolute atomic E-state index is 0.0154. The maximum absolute atomic E-state index is 13.7. The van der Waals surface area contributed by atoms with Crippen molar-refractivity contribution in [1.82, 2.24) is 9.97 Å². The molecule has 0 saturated heterocycles. The molecule has 0 aliphatic rings. The minimum atomic E-state index is -0.838. The summed E-state index contributed by atoms with van der Waals surface area (Å²) in [5.74, 6) is -0.845. The maximum atomic E-state index is 13.7. The van der Waals surface area contributed by atoms with Gasteiger partial charge in [-0.3, -0.25) is 0 Å². The van der Waals surface area contributed by atoms with Crippen molar-refractivity contribution < 1.29 is 13.9 Å². The number of nitrogens with zero attached hydrogens (tertiary/aromatic N) is 2. The van der Waals surface area contributed by atoms with E-state index < -0.39 is 24.3 Å². The molecule has 1 heterocycles. The van der Waals surface area contributed by atoms with Crippen LogP contribution in [0.1, 0.15) is 17.2 Å². The third-order valence-corrected chi connectivity index (χ3v) is 2.95. The number of halogens is 3. The van der Waals surface area contributed by atoms with Crippen molar-refractivity contribution in [2.24, 2.45) is 0 Å². The molecule has 0 radical (unpaired) electrons. The summed E-state index contributed by atoms with van der Waals surface area (Å²) >= 11 is 5.69. The van der Waals surface area contributed by atoms with Crippen LogP contribution in [0.15, 0.2) is 24.4 Å². The Hall–Kier alpha value is -1.79. The van der Waals surface area contributed by atoms with E-state index in [4.69, 9.17) is 11.6 Å². The lowest BCUT2D eigenvalue weighted by Gasteiger charge is -2.19. The fourth-order valence-electron chi connectivity index (χ4n) is 1.74. The van der Waals surface area contributed by atoms with E-state index in [1.807, 2.05) is 0 Å². The molecule has 1 unspecified atom stereocenters. The van der Waals surface area contributed by atoms with Gasteiger partial charge in [-0.05, 0) is 36.7 Å². The summed E-state index contributed by atoms with van der Waals surface area (Å²) in [6, 6.07) is 2.21. The summed E-state index contributed by atoms with van der Waals surface area (Å²) in [4.78, 5) is 7.75. The number of aryl methyl sites for hydroxylation is 1. The molecule has 7 heteroatoms. The van der Waals surface area contributed by atoms with E-state index in [0.29, 0.717) is 11.4 Å². The van der Waals surface area contributed by atoms with E-state index in [0.717, 1.165) is 18.2 Å². The molecule has 2 aromatic rings. The lowest BCUT2D eigenvalue weighted by molar-refractivity contribution is 0.273. The van der Waals surface area contributed by atoms with Crippen LogP contribution in [0.3, 0.4) is 0 Å². The van der Waals surface area contributed by atoms with Crippen molar-refractivity contribution in [3.8, 4) is 0 Å². The average molecular weight is 300 g/mol. The molecule has 0 saturated carbocycles. The highest BCUT2D eigenvalue weighted by atomic mass is 35.5. The van der Waals surface area contributed by atoms with Crippen LogP contribution in [0.5, 0.6) is 0 Å². The second-order valence-corrected chi connectivity index (χ2v) is 4.55. The number of benzene rings is 1. The van der Waals surface area contributed by atoms with E-state index in [-0.39, 0.29) is 10.8 Å². The Kier molecular flexibility index (Phi) is 4.46. The van der Waals surface area contributed by atoms with Gasteiger partial charge >= 0.3 is 0 Å². The van der Waals surface area contributed by atoms with E-state index in [9.17, 15) is 13.9 Å². The van der Waals surface area contributed by atoms with Crippen molar-refractivity contribution in [1.29, 1.82) is 0 Å². The lowest BCUT2D eigenvalue weighted by atomic mass is 10.1. The van der Waals surface area contributed by atoms with Crippen molar-refractivity contribution in [2.45, 2.75) is 13.0 Å². The quantitative estimate of drug-likeness (QED) is 0.852. The number of hydrogen-bond acceptors (Lipinski definition) is 4. The zero-order valence-electron chi connectivity index (χ0n) is 10.6. The van der Waals surface area contributed by atoms with E-state index >= 15 is 0 Å².